The zero-order valence-electron chi connectivity index (χ0n) is 7.24. The van der Waals surface area contributed by atoms with Crippen LogP contribution < -0.4 is 0 Å². The molecule has 1 aromatic rings. The summed E-state index contributed by atoms with van der Waals surface area (Å²) in [7, 11) is -3.69. The summed E-state index contributed by atoms with van der Waals surface area (Å²) in [5.41, 5.74) is -0.674. The average molecular weight is 222 g/mol. The van der Waals surface area contributed by atoms with Crippen LogP contribution in [-0.4, -0.2) is 19.8 Å². The van der Waals surface area contributed by atoms with Gasteiger partial charge >= 0.3 is 0 Å². The van der Waals surface area contributed by atoms with Gasteiger partial charge in [-0.05, 0) is 18.2 Å². The van der Waals surface area contributed by atoms with Gasteiger partial charge in [0.1, 0.15) is 5.75 Å². The first-order chi connectivity index (χ1) is 6.32. The summed E-state index contributed by atoms with van der Waals surface area (Å²) in [4.78, 5) is -0.453. The van der Waals surface area contributed by atoms with Gasteiger partial charge in [0.25, 0.3) is 6.43 Å². The Morgan fingerprint density at radius 1 is 1.36 bits per heavy atom. The average Bonchev–Trinajstić information content (AvgIpc) is 2.01. The van der Waals surface area contributed by atoms with Crippen LogP contribution in [-0.2, 0) is 9.84 Å². The quantitative estimate of drug-likeness (QED) is 0.829. The number of rotatable bonds is 2. The highest BCUT2D eigenvalue weighted by Gasteiger charge is 2.20. The Hall–Kier alpha value is -1.17. The minimum Gasteiger partial charge on any atom is -0.508 e. The highest BCUT2D eigenvalue weighted by atomic mass is 32.2. The maximum atomic E-state index is 12.4. The van der Waals surface area contributed by atoms with Gasteiger partial charge in [0.2, 0.25) is 0 Å². The molecule has 14 heavy (non-hydrogen) atoms. The first kappa shape index (κ1) is 10.9. The molecular weight excluding hydrogens is 214 g/mol. The van der Waals surface area contributed by atoms with Gasteiger partial charge in [-0.3, -0.25) is 0 Å². The minimum absolute atomic E-state index is 0.382. The van der Waals surface area contributed by atoms with Crippen LogP contribution in [0.4, 0.5) is 8.78 Å². The summed E-state index contributed by atoms with van der Waals surface area (Å²) >= 11 is 0. The van der Waals surface area contributed by atoms with Crippen LogP contribution in [0.1, 0.15) is 12.0 Å². The molecule has 0 saturated heterocycles. The van der Waals surface area contributed by atoms with Gasteiger partial charge in [0.05, 0.1) is 4.90 Å². The fourth-order valence-electron chi connectivity index (χ4n) is 1.04. The molecule has 0 amide bonds. The smallest absolute Gasteiger partial charge is 0.265 e. The number of hydrogen-bond donors (Lipinski definition) is 1. The van der Waals surface area contributed by atoms with Crippen molar-refractivity contribution in [3.8, 4) is 5.75 Å². The second kappa shape index (κ2) is 3.53. The predicted molar refractivity (Wildman–Crippen MR) is 46.2 cm³/mol. The third kappa shape index (κ3) is 2.20. The van der Waals surface area contributed by atoms with Crippen molar-refractivity contribution in [1.29, 1.82) is 0 Å². The summed E-state index contributed by atoms with van der Waals surface area (Å²) in [6, 6.07) is 2.77. The van der Waals surface area contributed by atoms with Crippen LogP contribution in [0.2, 0.25) is 0 Å². The second-order valence-electron chi connectivity index (χ2n) is 2.79. The maximum Gasteiger partial charge on any atom is 0.265 e. The largest absolute Gasteiger partial charge is 0.508 e. The van der Waals surface area contributed by atoms with Gasteiger partial charge in [0.15, 0.2) is 9.84 Å². The molecular formula is C8H8F2O3S. The summed E-state index contributed by atoms with van der Waals surface area (Å²) in [5.74, 6) is -0.382. The van der Waals surface area contributed by atoms with E-state index < -0.39 is 26.7 Å². The molecule has 0 radical (unpaired) electrons. The number of phenolic OH excluding ortho intramolecular Hbond substituents is 1. The molecule has 1 rings (SSSR count). The summed E-state index contributed by atoms with van der Waals surface area (Å²) in [6.07, 6.45) is -2.09. The van der Waals surface area contributed by atoms with Gasteiger partial charge in [-0.25, -0.2) is 17.2 Å². The molecule has 0 bridgehead atoms. The Bertz CT molecular complexity index is 440. The SMILES string of the molecule is CS(=O)(=O)c1ccc(O)cc1C(F)F. The molecule has 6 heteroatoms. The molecule has 0 aromatic heterocycles. The Morgan fingerprint density at radius 2 is 1.93 bits per heavy atom. The van der Waals surface area contributed by atoms with Gasteiger partial charge in [-0.1, -0.05) is 0 Å². The molecule has 3 nitrogen and oxygen atoms in total. The summed E-state index contributed by atoms with van der Waals surface area (Å²) in [6.45, 7) is 0. The lowest BCUT2D eigenvalue weighted by Gasteiger charge is -2.06. The lowest BCUT2D eigenvalue weighted by Crippen LogP contribution is -2.02. The molecule has 0 unspecified atom stereocenters. The fourth-order valence-corrected chi connectivity index (χ4v) is 1.94. The monoisotopic (exact) mass is 222 g/mol. The van der Waals surface area contributed by atoms with Crippen molar-refractivity contribution < 1.29 is 22.3 Å². The molecule has 0 spiro atoms. The van der Waals surface area contributed by atoms with Crippen molar-refractivity contribution in [3.63, 3.8) is 0 Å². The molecule has 0 heterocycles. The van der Waals surface area contributed by atoms with Crippen molar-refractivity contribution >= 4 is 9.84 Å². The van der Waals surface area contributed by atoms with E-state index in [0.29, 0.717) is 0 Å². The number of benzene rings is 1. The van der Waals surface area contributed by atoms with Gasteiger partial charge in [-0.15, -0.1) is 0 Å². The van der Waals surface area contributed by atoms with Gasteiger partial charge < -0.3 is 5.11 Å². The summed E-state index contributed by atoms with van der Waals surface area (Å²) < 4.78 is 46.8. The van der Waals surface area contributed by atoms with E-state index in [2.05, 4.69) is 0 Å². The Kier molecular flexibility index (Phi) is 2.75. The van der Waals surface area contributed by atoms with Crippen LogP contribution in [0.5, 0.6) is 5.75 Å². The third-order valence-electron chi connectivity index (χ3n) is 1.63. The number of phenols is 1. The van der Waals surface area contributed by atoms with Crippen molar-refractivity contribution in [1.82, 2.24) is 0 Å². The zero-order valence-corrected chi connectivity index (χ0v) is 8.05. The molecule has 1 N–H and O–H groups in total. The first-order valence-electron chi connectivity index (χ1n) is 3.63. The molecule has 0 aliphatic rings. The molecule has 0 atom stereocenters. The van der Waals surface area contributed by atoms with Crippen LogP contribution in [0, 0.1) is 0 Å². The molecule has 0 fully saturated rings. The van der Waals surface area contributed by atoms with Crippen molar-refractivity contribution in [3.05, 3.63) is 23.8 Å². The Morgan fingerprint density at radius 3 is 2.36 bits per heavy atom. The molecule has 1 aromatic carbocycles. The van der Waals surface area contributed by atoms with E-state index in [-0.39, 0.29) is 5.75 Å². The molecule has 0 saturated carbocycles. The Labute approximate surface area is 79.9 Å². The van der Waals surface area contributed by atoms with E-state index >= 15 is 0 Å². The lowest BCUT2D eigenvalue weighted by atomic mass is 10.2. The number of alkyl halides is 2. The topological polar surface area (TPSA) is 54.4 Å². The number of sulfone groups is 1. The zero-order chi connectivity index (χ0) is 10.9. The van der Waals surface area contributed by atoms with Crippen molar-refractivity contribution in [2.45, 2.75) is 11.3 Å². The van der Waals surface area contributed by atoms with E-state index in [1.807, 2.05) is 0 Å². The standard InChI is InChI=1S/C8H8F2O3S/c1-14(12,13)7-3-2-5(11)4-6(7)8(9)10/h2-4,8,11H,1H3. The number of hydrogen-bond acceptors (Lipinski definition) is 3. The third-order valence-corrected chi connectivity index (χ3v) is 2.80. The summed E-state index contributed by atoms with van der Waals surface area (Å²) in [5, 5.41) is 8.92. The molecule has 0 aliphatic carbocycles. The maximum absolute atomic E-state index is 12.4. The van der Waals surface area contributed by atoms with Gasteiger partial charge in [0, 0.05) is 11.8 Å². The van der Waals surface area contributed by atoms with E-state index in [1.165, 1.54) is 0 Å². The highest BCUT2D eigenvalue weighted by Crippen LogP contribution is 2.29. The number of halogens is 2. The van der Waals surface area contributed by atoms with Gasteiger partial charge in [-0.2, -0.15) is 0 Å². The lowest BCUT2D eigenvalue weighted by molar-refractivity contribution is 0.147. The molecule has 0 aliphatic heterocycles. The van der Waals surface area contributed by atoms with Crippen LogP contribution in [0.25, 0.3) is 0 Å². The normalized spacial score (nSPS) is 12.0. The van der Waals surface area contributed by atoms with E-state index in [0.717, 1.165) is 24.5 Å². The first-order valence-corrected chi connectivity index (χ1v) is 5.52. The van der Waals surface area contributed by atoms with E-state index in [1.54, 1.807) is 0 Å². The van der Waals surface area contributed by atoms with Crippen LogP contribution in [0.3, 0.4) is 0 Å². The van der Waals surface area contributed by atoms with E-state index in [9.17, 15) is 17.2 Å². The van der Waals surface area contributed by atoms with E-state index in [4.69, 9.17) is 5.11 Å². The fraction of sp³-hybridized carbons (Fsp3) is 0.250. The Balaban J connectivity index is 3.45. The predicted octanol–water partition coefficient (Wildman–Crippen LogP) is 1.73. The van der Waals surface area contributed by atoms with Crippen molar-refractivity contribution in [2.75, 3.05) is 6.26 Å². The molecule has 78 valence electrons. The van der Waals surface area contributed by atoms with Crippen LogP contribution in [0.15, 0.2) is 23.1 Å². The second-order valence-corrected chi connectivity index (χ2v) is 4.78. The van der Waals surface area contributed by atoms with Crippen molar-refractivity contribution in [2.24, 2.45) is 0 Å². The van der Waals surface area contributed by atoms with Crippen LogP contribution >= 0.6 is 0 Å². The highest BCUT2D eigenvalue weighted by molar-refractivity contribution is 7.90. The minimum atomic E-state index is -3.69. The number of aromatic hydroxyl groups is 1.